The van der Waals surface area contributed by atoms with E-state index in [-0.39, 0.29) is 24.1 Å². The smallest absolute Gasteiger partial charge is 0.229 e. The number of carbonyl (C=O) groups is 1. The maximum Gasteiger partial charge on any atom is 0.229 e. The molecule has 1 aromatic heterocycles. The summed E-state index contributed by atoms with van der Waals surface area (Å²) in [6.45, 7) is 8.81. The number of ether oxygens (including phenoxy) is 1. The first-order valence-corrected chi connectivity index (χ1v) is 9.79. The SMILES string of the molecule is CC(C)(C)N1CCC2(CCN(c3ncc(OC/C(=C/F)CN)cn3)CC2)C1=O. The van der Waals surface area contributed by atoms with Crippen molar-refractivity contribution in [3.05, 3.63) is 24.3 Å². The summed E-state index contributed by atoms with van der Waals surface area (Å²) in [6, 6.07) is 0. The number of rotatable bonds is 5. The molecular weight excluding hydrogens is 361 g/mol. The number of piperidine rings is 1. The highest BCUT2D eigenvalue weighted by Gasteiger charge is 2.50. The van der Waals surface area contributed by atoms with Gasteiger partial charge in [-0.1, -0.05) is 0 Å². The van der Waals surface area contributed by atoms with E-state index < -0.39 is 0 Å². The normalized spacial score (nSPS) is 20.2. The third-order valence-electron chi connectivity index (χ3n) is 5.78. The minimum absolute atomic E-state index is 0.0777. The Balaban J connectivity index is 1.57. The molecule has 2 N–H and O–H groups in total. The van der Waals surface area contributed by atoms with Crippen LogP contribution in [-0.2, 0) is 4.79 Å². The number of nitrogens with two attached hydrogens (primary N) is 1. The lowest BCUT2D eigenvalue weighted by Crippen LogP contribution is -2.49. The zero-order chi connectivity index (χ0) is 20.4. The van der Waals surface area contributed by atoms with Crippen LogP contribution < -0.4 is 15.4 Å². The molecule has 0 saturated carbocycles. The topological polar surface area (TPSA) is 84.6 Å². The van der Waals surface area contributed by atoms with Gasteiger partial charge < -0.3 is 20.3 Å². The van der Waals surface area contributed by atoms with Crippen molar-refractivity contribution in [3.8, 4) is 5.75 Å². The fraction of sp³-hybridized carbons (Fsp3) is 0.650. The lowest BCUT2D eigenvalue weighted by Gasteiger charge is -2.39. The number of hydrogen-bond donors (Lipinski definition) is 1. The molecule has 0 bridgehead atoms. The van der Waals surface area contributed by atoms with Crippen molar-refractivity contribution in [1.29, 1.82) is 0 Å². The van der Waals surface area contributed by atoms with Crippen molar-refractivity contribution in [2.24, 2.45) is 11.1 Å². The molecule has 3 rings (SSSR count). The standard InChI is InChI=1S/C20H30FN5O2/c1-19(2,3)26-9-6-20(17(26)27)4-7-25(8-5-20)18-23-12-16(13-24-18)28-14-15(10-21)11-22/h10,12-13H,4-9,11,14,22H2,1-3H3/b15-10+. The van der Waals surface area contributed by atoms with Crippen LogP contribution in [0.2, 0.25) is 0 Å². The summed E-state index contributed by atoms with van der Waals surface area (Å²) in [7, 11) is 0. The Kier molecular flexibility index (Phi) is 5.88. The van der Waals surface area contributed by atoms with Crippen molar-refractivity contribution in [3.63, 3.8) is 0 Å². The van der Waals surface area contributed by atoms with Crippen LogP contribution in [0, 0.1) is 5.41 Å². The second-order valence-corrected chi connectivity index (χ2v) is 8.62. The summed E-state index contributed by atoms with van der Waals surface area (Å²) in [5, 5.41) is 0. The van der Waals surface area contributed by atoms with E-state index in [4.69, 9.17) is 10.5 Å². The number of halogens is 1. The maximum atomic E-state index is 13.0. The minimum atomic E-state index is -0.232. The van der Waals surface area contributed by atoms with Gasteiger partial charge in [-0.2, -0.15) is 0 Å². The Labute approximate surface area is 165 Å². The predicted octanol–water partition coefficient (Wildman–Crippen LogP) is 2.28. The van der Waals surface area contributed by atoms with Crippen molar-refractivity contribution < 1.29 is 13.9 Å². The van der Waals surface area contributed by atoms with Crippen molar-refractivity contribution in [2.45, 2.75) is 45.6 Å². The average Bonchev–Trinajstić information content (AvgIpc) is 3.00. The van der Waals surface area contributed by atoms with E-state index in [1.54, 1.807) is 12.4 Å². The zero-order valence-corrected chi connectivity index (χ0v) is 16.9. The quantitative estimate of drug-likeness (QED) is 0.829. The van der Waals surface area contributed by atoms with E-state index in [1.165, 1.54) is 0 Å². The summed E-state index contributed by atoms with van der Waals surface area (Å²) in [5.41, 5.74) is 5.42. The maximum absolute atomic E-state index is 13.0. The molecule has 154 valence electrons. The zero-order valence-electron chi connectivity index (χ0n) is 16.9. The van der Waals surface area contributed by atoms with Crippen molar-refractivity contribution in [2.75, 3.05) is 37.7 Å². The van der Waals surface area contributed by atoms with Crippen LogP contribution in [0.25, 0.3) is 0 Å². The van der Waals surface area contributed by atoms with Crippen LogP contribution in [0.5, 0.6) is 5.75 Å². The van der Waals surface area contributed by atoms with Gasteiger partial charge >= 0.3 is 0 Å². The molecule has 7 nitrogen and oxygen atoms in total. The van der Waals surface area contributed by atoms with Gasteiger partial charge in [-0.25, -0.2) is 14.4 Å². The molecule has 28 heavy (non-hydrogen) atoms. The summed E-state index contributed by atoms with van der Waals surface area (Å²) < 4.78 is 18.0. The van der Waals surface area contributed by atoms with Crippen LogP contribution in [0.3, 0.4) is 0 Å². The monoisotopic (exact) mass is 391 g/mol. The van der Waals surface area contributed by atoms with E-state index in [1.807, 2.05) is 4.90 Å². The van der Waals surface area contributed by atoms with Gasteiger partial charge in [0.05, 0.1) is 24.1 Å². The molecule has 1 spiro atoms. The lowest BCUT2D eigenvalue weighted by atomic mass is 9.77. The average molecular weight is 391 g/mol. The highest BCUT2D eigenvalue weighted by Crippen LogP contribution is 2.44. The van der Waals surface area contributed by atoms with E-state index in [0.29, 0.717) is 29.5 Å². The molecule has 2 fully saturated rings. The molecular formula is C20H30FN5O2. The number of anilines is 1. The molecule has 2 saturated heterocycles. The predicted molar refractivity (Wildman–Crippen MR) is 106 cm³/mol. The largest absolute Gasteiger partial charge is 0.486 e. The van der Waals surface area contributed by atoms with Crippen LogP contribution in [0.15, 0.2) is 24.3 Å². The van der Waals surface area contributed by atoms with E-state index >= 15 is 0 Å². The van der Waals surface area contributed by atoms with Crippen molar-refractivity contribution >= 4 is 11.9 Å². The van der Waals surface area contributed by atoms with Gasteiger partial charge in [-0.15, -0.1) is 0 Å². The summed E-state index contributed by atoms with van der Waals surface area (Å²) in [5.74, 6) is 1.39. The summed E-state index contributed by atoms with van der Waals surface area (Å²) >= 11 is 0. The van der Waals surface area contributed by atoms with Crippen LogP contribution in [-0.4, -0.2) is 59.1 Å². The van der Waals surface area contributed by atoms with Crippen molar-refractivity contribution in [1.82, 2.24) is 14.9 Å². The molecule has 0 aliphatic carbocycles. The number of aromatic nitrogens is 2. The van der Waals surface area contributed by atoms with Gasteiger partial charge in [0, 0.05) is 37.3 Å². The first kappa shape index (κ1) is 20.5. The molecule has 1 aromatic rings. The Morgan fingerprint density at radius 3 is 2.36 bits per heavy atom. The third-order valence-corrected chi connectivity index (χ3v) is 5.78. The molecule has 1 amide bonds. The molecule has 0 atom stereocenters. The Hall–Kier alpha value is -2.22. The number of amides is 1. The van der Waals surface area contributed by atoms with Gasteiger partial charge in [0.25, 0.3) is 0 Å². The van der Waals surface area contributed by atoms with Gasteiger partial charge in [-0.3, -0.25) is 4.79 Å². The van der Waals surface area contributed by atoms with Crippen LogP contribution in [0.1, 0.15) is 40.0 Å². The second kappa shape index (κ2) is 8.03. The molecule has 0 aromatic carbocycles. The fourth-order valence-electron chi connectivity index (χ4n) is 3.92. The third kappa shape index (κ3) is 4.11. The fourth-order valence-corrected chi connectivity index (χ4v) is 3.92. The molecule has 2 aliphatic rings. The molecule has 2 aliphatic heterocycles. The van der Waals surface area contributed by atoms with Gasteiger partial charge in [0.1, 0.15) is 6.61 Å². The first-order valence-electron chi connectivity index (χ1n) is 9.79. The van der Waals surface area contributed by atoms with E-state index in [9.17, 15) is 9.18 Å². The van der Waals surface area contributed by atoms with E-state index in [0.717, 1.165) is 38.9 Å². The molecule has 8 heteroatoms. The molecule has 0 radical (unpaired) electrons. The number of hydrogen-bond acceptors (Lipinski definition) is 6. The number of nitrogens with zero attached hydrogens (tertiary/aromatic N) is 4. The highest BCUT2D eigenvalue weighted by atomic mass is 19.1. The van der Waals surface area contributed by atoms with Gasteiger partial charge in [-0.05, 0) is 40.0 Å². The molecule has 0 unspecified atom stereocenters. The van der Waals surface area contributed by atoms with Crippen LogP contribution in [0.4, 0.5) is 10.3 Å². The Morgan fingerprint density at radius 2 is 1.86 bits per heavy atom. The minimum Gasteiger partial charge on any atom is -0.486 e. The Morgan fingerprint density at radius 1 is 1.25 bits per heavy atom. The number of carbonyl (C=O) groups excluding carboxylic acids is 1. The highest BCUT2D eigenvalue weighted by molar-refractivity contribution is 5.85. The Bertz CT molecular complexity index is 721. The number of likely N-dealkylation sites (tertiary alicyclic amines) is 1. The molecule has 3 heterocycles. The van der Waals surface area contributed by atoms with Gasteiger partial charge in [0.2, 0.25) is 11.9 Å². The first-order chi connectivity index (χ1) is 13.3. The summed E-state index contributed by atoms with van der Waals surface area (Å²) in [4.78, 5) is 25.9. The van der Waals surface area contributed by atoms with E-state index in [2.05, 4.69) is 35.6 Å². The van der Waals surface area contributed by atoms with Gasteiger partial charge in [0.15, 0.2) is 5.75 Å². The second-order valence-electron chi connectivity index (χ2n) is 8.62. The lowest BCUT2D eigenvalue weighted by molar-refractivity contribution is -0.140. The van der Waals surface area contributed by atoms with Crippen LogP contribution >= 0.6 is 0 Å². The summed E-state index contributed by atoms with van der Waals surface area (Å²) in [6.07, 6.45) is 6.20.